The molecule has 3 aliphatic rings. The molecule has 2 aliphatic heterocycles. The Hall–Kier alpha value is -3.23. The van der Waals surface area contributed by atoms with Gasteiger partial charge in [0.25, 0.3) is 0 Å². The number of aromatic nitrogens is 3. The largest absolute Gasteiger partial charge is 0.480 e. The molecule has 43 heavy (non-hydrogen) atoms. The minimum absolute atomic E-state index is 0.278. The van der Waals surface area contributed by atoms with E-state index in [0.29, 0.717) is 17.9 Å². The molecule has 1 saturated carbocycles. The number of carboxylic acid groups (broad SMARTS) is 1. The molecule has 3 aromatic rings. The molecule has 3 heterocycles. The molecule has 1 aliphatic carbocycles. The molecule has 3 atom stereocenters. The third-order valence-electron chi connectivity index (χ3n) is 10.2. The Labute approximate surface area is 256 Å². The van der Waals surface area contributed by atoms with Crippen LogP contribution in [0.25, 0.3) is 11.4 Å². The van der Waals surface area contributed by atoms with Crippen LogP contribution in [0.5, 0.6) is 0 Å². The van der Waals surface area contributed by atoms with E-state index in [1.54, 1.807) is 0 Å². The minimum Gasteiger partial charge on any atom is -0.480 e. The highest BCUT2D eigenvalue weighted by Gasteiger charge is 2.43. The van der Waals surface area contributed by atoms with Crippen LogP contribution in [0.3, 0.4) is 0 Å². The van der Waals surface area contributed by atoms with Crippen molar-refractivity contribution in [3.05, 3.63) is 66.2 Å². The lowest BCUT2D eigenvalue weighted by atomic mass is 9.83. The van der Waals surface area contributed by atoms with Gasteiger partial charge in [0.15, 0.2) is 5.82 Å². The summed E-state index contributed by atoms with van der Waals surface area (Å²) in [6.45, 7) is 7.99. The number of nitrogens with zero attached hydrogens (tertiary/aromatic N) is 5. The van der Waals surface area contributed by atoms with Gasteiger partial charge in [0.05, 0.1) is 0 Å². The van der Waals surface area contributed by atoms with Crippen LogP contribution < -0.4 is 4.90 Å². The number of benzene rings is 2. The van der Waals surface area contributed by atoms with Gasteiger partial charge in [-0.3, -0.25) is 14.8 Å². The maximum atomic E-state index is 12.6. The number of hydrogen-bond acceptors (Lipinski definition) is 6. The number of hydrogen-bond donors (Lipinski definition) is 2. The van der Waals surface area contributed by atoms with Gasteiger partial charge in [0, 0.05) is 56.8 Å². The van der Waals surface area contributed by atoms with E-state index in [4.69, 9.17) is 4.98 Å². The first-order chi connectivity index (χ1) is 21.1. The first-order valence-electron chi connectivity index (χ1n) is 16.6. The molecule has 8 nitrogen and oxygen atoms in total. The zero-order chi connectivity index (χ0) is 29.6. The number of nitrogens with one attached hydrogen (secondary N) is 1. The lowest BCUT2D eigenvalue weighted by molar-refractivity contribution is -0.145. The molecule has 0 spiro atoms. The van der Waals surface area contributed by atoms with Crippen LogP contribution in [0, 0.1) is 11.8 Å². The summed E-state index contributed by atoms with van der Waals surface area (Å²) in [7, 11) is 0. The summed E-state index contributed by atoms with van der Waals surface area (Å²) < 4.78 is 0. The van der Waals surface area contributed by atoms with Crippen molar-refractivity contribution in [1.29, 1.82) is 0 Å². The van der Waals surface area contributed by atoms with Gasteiger partial charge in [-0.05, 0) is 49.5 Å². The molecule has 3 fully saturated rings. The second-order valence-corrected chi connectivity index (χ2v) is 13.0. The highest BCUT2D eigenvalue weighted by molar-refractivity contribution is 5.74. The van der Waals surface area contributed by atoms with E-state index in [0.717, 1.165) is 88.7 Å². The molecule has 8 heteroatoms. The first kappa shape index (κ1) is 29.8. The Kier molecular flexibility index (Phi) is 9.74. The summed E-state index contributed by atoms with van der Waals surface area (Å²) in [5, 5.41) is 18.2. The number of H-pyrrole nitrogens is 1. The second kappa shape index (κ2) is 14.0. The van der Waals surface area contributed by atoms with Gasteiger partial charge < -0.3 is 14.9 Å². The van der Waals surface area contributed by atoms with Gasteiger partial charge in [-0.2, -0.15) is 4.98 Å². The number of rotatable bonds is 11. The summed E-state index contributed by atoms with van der Waals surface area (Å²) in [4.78, 5) is 24.9. The van der Waals surface area contributed by atoms with Crippen molar-refractivity contribution in [3.8, 4) is 11.4 Å². The summed E-state index contributed by atoms with van der Waals surface area (Å²) in [6, 6.07) is 21.1. The van der Waals surface area contributed by atoms with Crippen LogP contribution in [0.4, 0.5) is 5.95 Å². The molecule has 6 rings (SSSR count). The molecular formula is C35H48N6O2. The van der Waals surface area contributed by atoms with Gasteiger partial charge in [0.2, 0.25) is 5.95 Å². The number of anilines is 1. The summed E-state index contributed by atoms with van der Waals surface area (Å²) in [5.41, 5.74) is 2.41. The number of aromatic amines is 1. The zero-order valence-corrected chi connectivity index (χ0v) is 25.7. The van der Waals surface area contributed by atoms with Crippen molar-refractivity contribution < 1.29 is 9.90 Å². The minimum atomic E-state index is -0.626. The van der Waals surface area contributed by atoms with E-state index in [1.165, 1.54) is 24.8 Å². The lowest BCUT2D eigenvalue weighted by Gasteiger charge is -2.39. The first-order valence-corrected chi connectivity index (χ1v) is 16.6. The monoisotopic (exact) mass is 584 g/mol. The van der Waals surface area contributed by atoms with Gasteiger partial charge in [0.1, 0.15) is 6.04 Å². The van der Waals surface area contributed by atoms with Crippen molar-refractivity contribution in [2.75, 3.05) is 44.2 Å². The topological polar surface area (TPSA) is 88.6 Å². The third kappa shape index (κ3) is 6.96. The van der Waals surface area contributed by atoms with Gasteiger partial charge in [-0.25, -0.2) is 0 Å². The third-order valence-corrected chi connectivity index (χ3v) is 10.2. The maximum Gasteiger partial charge on any atom is 0.321 e. The average Bonchev–Trinajstić information content (AvgIpc) is 3.70. The van der Waals surface area contributed by atoms with Crippen molar-refractivity contribution in [3.63, 3.8) is 0 Å². The number of piperidine rings is 1. The van der Waals surface area contributed by atoms with E-state index in [9.17, 15) is 9.90 Å². The van der Waals surface area contributed by atoms with Crippen molar-refractivity contribution in [1.82, 2.24) is 25.0 Å². The average molecular weight is 585 g/mol. The standard InChI is InChI=1S/C35H48N6O2/c1-2-20-41(35-36-33(37-38-35)28-16-10-5-11-17-28)30-18-21-39(22-19-30)23-29-24-40(25-31(29)26-12-6-3-7-13-26)32(34(42)43)27-14-8-4-9-15-27/h3,5-7,10-13,16-17,27,29-32H,2,4,8-9,14-15,18-25H2,1H3,(H,42,43)(H,36,37,38)/t29-,31+,32+/m0/s1. The Morgan fingerprint density at radius 3 is 2.35 bits per heavy atom. The molecular weight excluding hydrogens is 536 g/mol. The quantitative estimate of drug-likeness (QED) is 0.290. The van der Waals surface area contributed by atoms with Crippen LogP contribution in [-0.4, -0.2) is 87.4 Å². The van der Waals surface area contributed by atoms with E-state index < -0.39 is 5.97 Å². The Morgan fingerprint density at radius 2 is 1.67 bits per heavy atom. The Bertz CT molecular complexity index is 1290. The second-order valence-electron chi connectivity index (χ2n) is 13.0. The fourth-order valence-electron chi connectivity index (χ4n) is 8.04. The Balaban J connectivity index is 1.12. The van der Waals surface area contributed by atoms with Crippen molar-refractivity contribution in [2.45, 2.75) is 76.3 Å². The van der Waals surface area contributed by atoms with E-state index in [2.05, 4.69) is 74.3 Å². The maximum absolute atomic E-state index is 12.6. The SMILES string of the molecule is CCCN(c1n[nH]c(-c2ccccc2)n1)C1CCN(C[C@H]2CN([C@@H](C(=O)O)C3CCCCC3)C[C@@H]2c2ccccc2)CC1. The summed E-state index contributed by atoms with van der Waals surface area (Å²) in [6.07, 6.45) is 8.90. The molecule has 0 amide bonds. The van der Waals surface area contributed by atoms with Crippen LogP contribution >= 0.6 is 0 Å². The highest BCUT2D eigenvalue weighted by Crippen LogP contribution is 2.38. The molecule has 1 aromatic heterocycles. The fraction of sp³-hybridized carbons (Fsp3) is 0.571. The van der Waals surface area contributed by atoms with Crippen LogP contribution in [0.2, 0.25) is 0 Å². The van der Waals surface area contributed by atoms with E-state index in [1.807, 2.05) is 18.2 Å². The smallest absolute Gasteiger partial charge is 0.321 e. The van der Waals surface area contributed by atoms with Crippen LogP contribution in [0.15, 0.2) is 60.7 Å². The summed E-state index contributed by atoms with van der Waals surface area (Å²) in [5.74, 6) is 2.07. The molecule has 2 N–H and O–H groups in total. The normalized spacial score (nSPS) is 23.4. The van der Waals surface area contributed by atoms with Gasteiger partial charge in [-0.15, -0.1) is 5.10 Å². The zero-order valence-electron chi connectivity index (χ0n) is 25.7. The molecule has 0 radical (unpaired) electrons. The molecule has 0 unspecified atom stereocenters. The Morgan fingerprint density at radius 1 is 0.977 bits per heavy atom. The number of carboxylic acids is 1. The van der Waals surface area contributed by atoms with Crippen LogP contribution in [-0.2, 0) is 4.79 Å². The van der Waals surface area contributed by atoms with E-state index in [-0.39, 0.29) is 12.0 Å². The number of carbonyl (C=O) groups is 1. The predicted molar refractivity (Wildman–Crippen MR) is 171 cm³/mol. The number of aliphatic carboxylic acids is 1. The molecule has 230 valence electrons. The van der Waals surface area contributed by atoms with Gasteiger partial charge >= 0.3 is 5.97 Å². The van der Waals surface area contributed by atoms with Gasteiger partial charge in [-0.1, -0.05) is 86.8 Å². The summed E-state index contributed by atoms with van der Waals surface area (Å²) >= 11 is 0. The highest BCUT2D eigenvalue weighted by atomic mass is 16.4. The molecule has 0 bridgehead atoms. The molecule has 2 saturated heterocycles. The van der Waals surface area contributed by atoms with Crippen molar-refractivity contribution in [2.24, 2.45) is 11.8 Å². The predicted octanol–water partition coefficient (Wildman–Crippen LogP) is 5.90. The fourth-order valence-corrected chi connectivity index (χ4v) is 8.04. The van der Waals surface area contributed by atoms with E-state index >= 15 is 0 Å². The van der Waals surface area contributed by atoms with Crippen molar-refractivity contribution >= 4 is 11.9 Å². The van der Waals surface area contributed by atoms with Crippen LogP contribution in [0.1, 0.15) is 69.8 Å². The molecule has 2 aromatic carbocycles. The lowest BCUT2D eigenvalue weighted by Crippen LogP contribution is -2.48. The number of likely N-dealkylation sites (tertiary alicyclic amines) is 2.